The molecule has 0 fully saturated rings. The molecule has 0 radical (unpaired) electrons. The predicted octanol–water partition coefficient (Wildman–Crippen LogP) is 5.48. The predicted molar refractivity (Wildman–Crippen MR) is 156 cm³/mol. The van der Waals surface area contributed by atoms with Gasteiger partial charge in [0.1, 0.15) is 12.6 Å². The molecule has 0 aromatic heterocycles. The fraction of sp³-hybridized carbons (Fsp3) is 0.333. The zero-order chi connectivity index (χ0) is 28.7. The molecule has 3 aromatic carbocycles. The van der Waals surface area contributed by atoms with Crippen LogP contribution >= 0.6 is 11.6 Å². The fourth-order valence-corrected chi connectivity index (χ4v) is 5.67. The minimum absolute atomic E-state index is 0.0719. The second-order valence-corrected chi connectivity index (χ2v) is 12.1. The van der Waals surface area contributed by atoms with E-state index in [2.05, 4.69) is 5.32 Å². The highest BCUT2D eigenvalue weighted by atomic mass is 35.5. The molecular weight excluding hydrogens is 534 g/mol. The van der Waals surface area contributed by atoms with Crippen LogP contribution in [0.4, 0.5) is 5.69 Å². The van der Waals surface area contributed by atoms with Gasteiger partial charge in [0, 0.05) is 17.6 Å². The Balaban J connectivity index is 2.05. The second kappa shape index (κ2) is 13.1. The van der Waals surface area contributed by atoms with E-state index in [-0.39, 0.29) is 23.4 Å². The molecule has 0 saturated heterocycles. The molecule has 3 rings (SSSR count). The summed E-state index contributed by atoms with van der Waals surface area (Å²) in [7, 11) is -4.10. The molecule has 0 aliphatic heterocycles. The Kier molecular flexibility index (Phi) is 10.2. The standard InChI is InChI=1S/C30H36ClN3O4S/c1-6-23(4)32-30(36)24(5)33(19-25-14-16-26(31)17-15-25)29(35)20-34(28-18-21(2)12-13-22(28)3)39(37,38)27-10-8-7-9-11-27/h7-18,23-24H,6,19-20H2,1-5H3,(H,32,36)/t23-,24-/m1/s1. The average molecular weight is 570 g/mol. The fourth-order valence-electron chi connectivity index (χ4n) is 4.06. The van der Waals surface area contributed by atoms with Crippen molar-refractivity contribution >= 4 is 39.1 Å². The highest BCUT2D eigenvalue weighted by Gasteiger charge is 2.33. The van der Waals surface area contributed by atoms with Gasteiger partial charge in [-0.05, 0) is 81.1 Å². The van der Waals surface area contributed by atoms with Crippen LogP contribution in [0.15, 0.2) is 77.7 Å². The number of rotatable bonds is 11. The summed E-state index contributed by atoms with van der Waals surface area (Å²) in [6, 6.07) is 19.6. The van der Waals surface area contributed by atoms with E-state index >= 15 is 0 Å². The van der Waals surface area contributed by atoms with Gasteiger partial charge in [0.15, 0.2) is 0 Å². The lowest BCUT2D eigenvalue weighted by Crippen LogP contribution is -2.52. The molecule has 2 atom stereocenters. The SMILES string of the molecule is CC[C@@H](C)NC(=O)[C@@H](C)N(Cc1ccc(Cl)cc1)C(=O)CN(c1cc(C)ccc1C)S(=O)(=O)c1ccccc1. The number of hydrogen-bond donors (Lipinski definition) is 1. The Morgan fingerprint density at radius 1 is 0.949 bits per heavy atom. The quantitative estimate of drug-likeness (QED) is 0.331. The number of amides is 2. The molecule has 0 unspecified atom stereocenters. The number of carbonyl (C=O) groups is 2. The van der Waals surface area contributed by atoms with Crippen molar-refractivity contribution in [2.75, 3.05) is 10.8 Å². The number of nitrogens with one attached hydrogen (secondary N) is 1. The topological polar surface area (TPSA) is 86.8 Å². The van der Waals surface area contributed by atoms with Crippen LogP contribution in [0.3, 0.4) is 0 Å². The Morgan fingerprint density at radius 2 is 1.59 bits per heavy atom. The molecular formula is C30H36ClN3O4S. The zero-order valence-corrected chi connectivity index (χ0v) is 24.6. The van der Waals surface area contributed by atoms with Crippen molar-refractivity contribution in [1.82, 2.24) is 10.2 Å². The molecule has 0 aliphatic rings. The molecule has 39 heavy (non-hydrogen) atoms. The molecule has 1 N–H and O–H groups in total. The molecule has 0 saturated carbocycles. The highest BCUT2D eigenvalue weighted by molar-refractivity contribution is 7.92. The molecule has 0 heterocycles. The summed E-state index contributed by atoms with van der Waals surface area (Å²) >= 11 is 6.05. The van der Waals surface area contributed by atoms with Crippen molar-refractivity contribution in [3.63, 3.8) is 0 Å². The van der Waals surface area contributed by atoms with Crippen LogP contribution < -0.4 is 9.62 Å². The van der Waals surface area contributed by atoms with Crippen LogP contribution in [0.1, 0.15) is 43.9 Å². The van der Waals surface area contributed by atoms with Crippen LogP contribution in [-0.4, -0.2) is 43.8 Å². The van der Waals surface area contributed by atoms with Crippen molar-refractivity contribution < 1.29 is 18.0 Å². The third kappa shape index (κ3) is 7.61. The van der Waals surface area contributed by atoms with E-state index in [4.69, 9.17) is 11.6 Å². The van der Waals surface area contributed by atoms with Gasteiger partial charge in [0.25, 0.3) is 10.0 Å². The maximum atomic E-state index is 14.0. The molecule has 2 amide bonds. The highest BCUT2D eigenvalue weighted by Crippen LogP contribution is 2.28. The third-order valence-corrected chi connectivity index (χ3v) is 8.70. The van der Waals surface area contributed by atoms with Crippen molar-refractivity contribution in [2.45, 2.75) is 64.6 Å². The molecule has 7 nitrogen and oxygen atoms in total. The van der Waals surface area contributed by atoms with Crippen molar-refractivity contribution in [3.05, 3.63) is 94.5 Å². The van der Waals surface area contributed by atoms with Gasteiger partial charge in [0.2, 0.25) is 11.8 Å². The van der Waals surface area contributed by atoms with Gasteiger partial charge in [-0.25, -0.2) is 8.42 Å². The van der Waals surface area contributed by atoms with E-state index in [1.54, 1.807) is 62.4 Å². The summed E-state index contributed by atoms with van der Waals surface area (Å²) in [6.45, 7) is 8.81. The van der Waals surface area contributed by atoms with Gasteiger partial charge in [0.05, 0.1) is 10.6 Å². The molecule has 0 aliphatic carbocycles. The first-order valence-corrected chi connectivity index (χ1v) is 14.7. The van der Waals surface area contributed by atoms with E-state index < -0.39 is 28.5 Å². The monoisotopic (exact) mass is 569 g/mol. The lowest BCUT2D eigenvalue weighted by Gasteiger charge is -2.33. The molecule has 3 aromatic rings. The third-order valence-electron chi connectivity index (χ3n) is 6.68. The average Bonchev–Trinajstić information content (AvgIpc) is 2.92. The lowest BCUT2D eigenvalue weighted by molar-refractivity contribution is -0.139. The van der Waals surface area contributed by atoms with Crippen molar-refractivity contribution in [1.29, 1.82) is 0 Å². The van der Waals surface area contributed by atoms with E-state index in [1.807, 2.05) is 32.9 Å². The number of carbonyl (C=O) groups excluding carboxylic acids is 2. The Morgan fingerprint density at radius 3 is 2.21 bits per heavy atom. The smallest absolute Gasteiger partial charge is 0.264 e. The van der Waals surface area contributed by atoms with Crippen LogP contribution in [-0.2, 0) is 26.2 Å². The number of benzene rings is 3. The van der Waals surface area contributed by atoms with Gasteiger partial charge in [-0.15, -0.1) is 0 Å². The normalized spacial score (nSPS) is 12.9. The Bertz CT molecular complexity index is 1400. The molecule has 208 valence electrons. The molecule has 0 bridgehead atoms. The maximum Gasteiger partial charge on any atom is 0.264 e. The minimum atomic E-state index is -4.10. The van der Waals surface area contributed by atoms with Crippen molar-refractivity contribution in [3.8, 4) is 0 Å². The molecule has 9 heteroatoms. The Hall–Kier alpha value is -3.36. The van der Waals surface area contributed by atoms with Crippen LogP contribution in [0.25, 0.3) is 0 Å². The summed E-state index contributed by atoms with van der Waals surface area (Å²) in [5, 5.41) is 3.48. The van der Waals surface area contributed by atoms with Crippen LogP contribution in [0.5, 0.6) is 0 Å². The van der Waals surface area contributed by atoms with Gasteiger partial charge < -0.3 is 10.2 Å². The van der Waals surface area contributed by atoms with Gasteiger partial charge >= 0.3 is 0 Å². The Labute approximate surface area is 236 Å². The number of aryl methyl sites for hydroxylation is 2. The maximum absolute atomic E-state index is 14.0. The van der Waals surface area contributed by atoms with E-state index in [0.29, 0.717) is 16.3 Å². The first-order chi connectivity index (χ1) is 18.4. The number of sulfonamides is 1. The number of nitrogens with zero attached hydrogens (tertiary/aromatic N) is 2. The van der Waals surface area contributed by atoms with Crippen LogP contribution in [0, 0.1) is 13.8 Å². The second-order valence-electron chi connectivity index (χ2n) is 9.76. The van der Waals surface area contributed by atoms with E-state index in [9.17, 15) is 18.0 Å². The van der Waals surface area contributed by atoms with Gasteiger partial charge in [-0.1, -0.05) is 61.0 Å². The number of halogens is 1. The van der Waals surface area contributed by atoms with E-state index in [0.717, 1.165) is 21.9 Å². The lowest BCUT2D eigenvalue weighted by atomic mass is 10.1. The first-order valence-electron chi connectivity index (χ1n) is 12.9. The van der Waals surface area contributed by atoms with Crippen LogP contribution in [0.2, 0.25) is 5.02 Å². The minimum Gasteiger partial charge on any atom is -0.352 e. The number of hydrogen-bond acceptors (Lipinski definition) is 4. The summed E-state index contributed by atoms with van der Waals surface area (Å²) in [5.74, 6) is -0.812. The van der Waals surface area contributed by atoms with Gasteiger partial charge in [-0.2, -0.15) is 0 Å². The summed E-state index contributed by atoms with van der Waals surface area (Å²) in [4.78, 5) is 28.6. The largest absolute Gasteiger partial charge is 0.352 e. The molecule has 0 spiro atoms. The van der Waals surface area contributed by atoms with E-state index in [1.165, 1.54) is 17.0 Å². The zero-order valence-electron chi connectivity index (χ0n) is 23.0. The summed E-state index contributed by atoms with van der Waals surface area (Å²) < 4.78 is 28.9. The summed E-state index contributed by atoms with van der Waals surface area (Å²) in [5.41, 5.74) is 2.74. The number of anilines is 1. The first kappa shape index (κ1) is 30.2. The van der Waals surface area contributed by atoms with Gasteiger partial charge in [-0.3, -0.25) is 13.9 Å². The van der Waals surface area contributed by atoms with Crippen molar-refractivity contribution in [2.24, 2.45) is 0 Å². The summed E-state index contributed by atoms with van der Waals surface area (Å²) in [6.07, 6.45) is 0.735.